The third kappa shape index (κ3) is 2.95. The second-order valence-electron chi connectivity index (χ2n) is 6.47. The minimum absolute atomic E-state index is 0. The van der Waals surface area contributed by atoms with Gasteiger partial charge in [-0.05, 0) is 49.7 Å². The molecular formula is C15H28NRh+. The normalized spacial score (nSPS) is 42.4. The zero-order valence-electron chi connectivity index (χ0n) is 12.0. The Labute approximate surface area is 120 Å². The zero-order chi connectivity index (χ0) is 11.9. The smallest absolute Gasteiger partial charge is 0.316 e. The minimum atomic E-state index is 0. The number of hydrogen-bond donors (Lipinski definition) is 0. The van der Waals surface area contributed by atoms with Gasteiger partial charge in [0.05, 0.1) is 0 Å². The first-order chi connectivity index (χ1) is 7.54. The van der Waals surface area contributed by atoms with Crippen LogP contribution in [0.3, 0.4) is 0 Å². The standard InChI is InChI=1S/C15H28N.Rh/c1-6-16-8-13-11(4)7-12(5)14(9-16)15(13)10(2)3;/h11-15H,6-9H2,1-5H3;/q-1;+2. The van der Waals surface area contributed by atoms with E-state index in [2.05, 4.69) is 39.5 Å². The molecule has 2 aliphatic rings. The molecule has 4 unspecified atom stereocenters. The van der Waals surface area contributed by atoms with Crippen LogP contribution in [0.15, 0.2) is 0 Å². The molecule has 1 saturated carbocycles. The van der Waals surface area contributed by atoms with E-state index in [1.165, 1.54) is 26.1 Å². The molecule has 2 bridgehead atoms. The van der Waals surface area contributed by atoms with E-state index in [4.69, 9.17) is 0 Å². The Bertz CT molecular complexity index is 223. The van der Waals surface area contributed by atoms with Crippen LogP contribution >= 0.6 is 0 Å². The molecule has 0 N–H and O–H groups in total. The third-order valence-corrected chi connectivity index (χ3v) is 5.18. The summed E-state index contributed by atoms with van der Waals surface area (Å²) in [6.07, 6.45) is 1.46. The molecule has 1 aliphatic heterocycles. The first-order valence-corrected chi connectivity index (χ1v) is 7.07. The van der Waals surface area contributed by atoms with Crippen molar-refractivity contribution >= 4 is 0 Å². The molecular weight excluding hydrogens is 297 g/mol. The van der Waals surface area contributed by atoms with Crippen molar-refractivity contribution in [2.45, 2.75) is 41.0 Å². The SMILES string of the molecule is CCN1CC2C(C)CC(C)C(C1)C2[C-](C)C.[Rh+2]. The molecule has 0 aromatic rings. The summed E-state index contributed by atoms with van der Waals surface area (Å²) in [6.45, 7) is 15.9. The predicted molar refractivity (Wildman–Crippen MR) is 70.1 cm³/mol. The van der Waals surface area contributed by atoms with Crippen molar-refractivity contribution in [2.75, 3.05) is 19.6 Å². The van der Waals surface area contributed by atoms with Gasteiger partial charge in [0, 0.05) is 0 Å². The van der Waals surface area contributed by atoms with Gasteiger partial charge in [-0.1, -0.05) is 20.8 Å². The van der Waals surface area contributed by atoms with Crippen LogP contribution in [-0.4, -0.2) is 24.5 Å². The van der Waals surface area contributed by atoms with Crippen LogP contribution in [0.4, 0.5) is 0 Å². The summed E-state index contributed by atoms with van der Waals surface area (Å²) < 4.78 is 0. The summed E-state index contributed by atoms with van der Waals surface area (Å²) in [7, 11) is 0. The molecule has 2 heteroatoms. The molecule has 0 aromatic carbocycles. The van der Waals surface area contributed by atoms with Crippen LogP contribution in [-0.2, 0) is 19.5 Å². The topological polar surface area (TPSA) is 3.24 Å². The molecule has 1 aliphatic carbocycles. The Morgan fingerprint density at radius 1 is 1.06 bits per heavy atom. The molecule has 101 valence electrons. The fraction of sp³-hybridized carbons (Fsp3) is 0.933. The maximum Gasteiger partial charge on any atom is 2.00 e. The molecule has 2 rings (SSSR count). The third-order valence-electron chi connectivity index (χ3n) is 5.18. The molecule has 17 heavy (non-hydrogen) atoms. The first kappa shape index (κ1) is 15.6. The molecule has 0 aromatic heterocycles. The van der Waals surface area contributed by atoms with Gasteiger partial charge in [-0.15, -0.1) is 0 Å². The van der Waals surface area contributed by atoms with Gasteiger partial charge < -0.3 is 10.8 Å². The molecule has 1 heterocycles. The van der Waals surface area contributed by atoms with E-state index in [-0.39, 0.29) is 19.5 Å². The summed E-state index contributed by atoms with van der Waals surface area (Å²) >= 11 is 0. The zero-order valence-corrected chi connectivity index (χ0v) is 13.6. The van der Waals surface area contributed by atoms with Crippen molar-refractivity contribution in [1.29, 1.82) is 0 Å². The van der Waals surface area contributed by atoms with Crippen LogP contribution in [0, 0.1) is 35.5 Å². The van der Waals surface area contributed by atoms with E-state index in [1.807, 2.05) is 0 Å². The Hall–Kier alpha value is 0.583. The maximum atomic E-state index is 2.68. The summed E-state index contributed by atoms with van der Waals surface area (Å²) in [6, 6.07) is 0. The van der Waals surface area contributed by atoms with Crippen molar-refractivity contribution < 1.29 is 19.5 Å². The van der Waals surface area contributed by atoms with Gasteiger partial charge >= 0.3 is 19.5 Å². The van der Waals surface area contributed by atoms with Crippen molar-refractivity contribution in [3.63, 3.8) is 0 Å². The number of likely N-dealkylation sites (tertiary alicyclic amines) is 1. The first-order valence-electron chi connectivity index (χ1n) is 7.07. The Morgan fingerprint density at radius 2 is 1.53 bits per heavy atom. The predicted octanol–water partition coefficient (Wildman–Crippen LogP) is 3.46. The number of fused-ring (bicyclic) bond motifs is 2. The van der Waals surface area contributed by atoms with E-state index in [9.17, 15) is 0 Å². The second kappa shape index (κ2) is 6.15. The quantitative estimate of drug-likeness (QED) is 0.555. The fourth-order valence-electron chi connectivity index (χ4n) is 4.33. The summed E-state index contributed by atoms with van der Waals surface area (Å²) in [4.78, 5) is 2.68. The average Bonchev–Trinajstić information content (AvgIpc) is 2.25. The van der Waals surface area contributed by atoms with Gasteiger partial charge in [0.25, 0.3) is 0 Å². The maximum absolute atomic E-state index is 2.68. The van der Waals surface area contributed by atoms with Crippen molar-refractivity contribution in [1.82, 2.24) is 4.90 Å². The van der Waals surface area contributed by atoms with E-state index in [0.717, 1.165) is 29.6 Å². The van der Waals surface area contributed by atoms with E-state index < -0.39 is 0 Å². The molecule has 0 spiro atoms. The average molecular weight is 325 g/mol. The fourth-order valence-corrected chi connectivity index (χ4v) is 4.33. The molecule has 1 saturated heterocycles. The van der Waals surface area contributed by atoms with Crippen molar-refractivity contribution in [3.05, 3.63) is 5.92 Å². The summed E-state index contributed by atoms with van der Waals surface area (Å²) in [5.41, 5.74) is 0. The monoisotopic (exact) mass is 325 g/mol. The van der Waals surface area contributed by atoms with Crippen LogP contribution in [0.2, 0.25) is 0 Å². The molecule has 0 amide bonds. The summed E-state index contributed by atoms with van der Waals surface area (Å²) in [5.74, 6) is 6.28. The number of piperidine rings is 1. The van der Waals surface area contributed by atoms with Crippen LogP contribution < -0.4 is 0 Å². The Balaban J connectivity index is 0.00000144. The van der Waals surface area contributed by atoms with E-state index >= 15 is 0 Å². The minimum Gasteiger partial charge on any atom is -0.316 e. The largest absolute Gasteiger partial charge is 2.00 e. The van der Waals surface area contributed by atoms with Crippen molar-refractivity contribution in [2.24, 2.45) is 29.6 Å². The van der Waals surface area contributed by atoms with Crippen LogP contribution in [0.1, 0.15) is 41.0 Å². The van der Waals surface area contributed by atoms with Gasteiger partial charge in [-0.3, -0.25) is 0 Å². The molecule has 4 atom stereocenters. The molecule has 2 fully saturated rings. The number of rotatable bonds is 2. The van der Waals surface area contributed by atoms with Gasteiger partial charge in [0.1, 0.15) is 0 Å². The van der Waals surface area contributed by atoms with Gasteiger partial charge in [-0.25, -0.2) is 0 Å². The Kier molecular flexibility index (Phi) is 5.66. The summed E-state index contributed by atoms with van der Waals surface area (Å²) in [5, 5.41) is 0. The second-order valence-corrected chi connectivity index (χ2v) is 6.47. The number of nitrogens with zero attached hydrogens (tertiary/aromatic N) is 1. The van der Waals surface area contributed by atoms with Crippen LogP contribution in [0.5, 0.6) is 0 Å². The van der Waals surface area contributed by atoms with Crippen LogP contribution in [0.25, 0.3) is 0 Å². The van der Waals surface area contributed by atoms with Crippen molar-refractivity contribution in [3.8, 4) is 0 Å². The molecule has 1 radical (unpaired) electrons. The van der Waals surface area contributed by atoms with E-state index in [1.54, 1.807) is 5.92 Å². The van der Waals surface area contributed by atoms with E-state index in [0.29, 0.717) is 0 Å². The number of hydrogen-bond acceptors (Lipinski definition) is 1. The van der Waals surface area contributed by atoms with Gasteiger partial charge in [-0.2, -0.15) is 19.8 Å². The Morgan fingerprint density at radius 3 is 1.88 bits per heavy atom. The van der Waals surface area contributed by atoms with Gasteiger partial charge in [0.15, 0.2) is 0 Å². The van der Waals surface area contributed by atoms with Gasteiger partial charge in [0.2, 0.25) is 0 Å². The molecule has 1 nitrogen and oxygen atoms in total.